The second-order valence-electron chi connectivity index (χ2n) is 3.56. The lowest BCUT2D eigenvalue weighted by atomic mass is 10.2. The monoisotopic (exact) mass is 237 g/mol. The number of hydrogen-bond acceptors (Lipinski definition) is 4. The molecule has 94 valence electrons. The highest BCUT2D eigenvalue weighted by atomic mass is 16.5. The molecule has 0 radical (unpaired) electrons. The second kappa shape index (κ2) is 6.78. The standard InChI is InChI=1S/C13H19NO3/c1-4-10(13(15)17-5-2)14-11-8-6-7-9-12(11)16-3/h6-10,14H,4-5H2,1-3H3. The third-order valence-electron chi connectivity index (χ3n) is 2.42. The van der Waals surface area contributed by atoms with Crippen molar-refractivity contribution in [2.24, 2.45) is 0 Å². The largest absolute Gasteiger partial charge is 0.495 e. The van der Waals surface area contributed by atoms with Crippen LogP contribution in [0.4, 0.5) is 5.69 Å². The average molecular weight is 237 g/mol. The van der Waals surface area contributed by atoms with Crippen LogP contribution in [0.2, 0.25) is 0 Å². The molecule has 0 spiro atoms. The van der Waals surface area contributed by atoms with Gasteiger partial charge in [-0.15, -0.1) is 0 Å². The van der Waals surface area contributed by atoms with Gasteiger partial charge in [0.1, 0.15) is 11.8 Å². The number of esters is 1. The molecule has 0 aliphatic rings. The van der Waals surface area contributed by atoms with E-state index in [0.29, 0.717) is 13.0 Å². The molecule has 0 aliphatic carbocycles. The van der Waals surface area contributed by atoms with E-state index < -0.39 is 0 Å². The SMILES string of the molecule is CCOC(=O)C(CC)Nc1ccccc1OC. The molecule has 4 nitrogen and oxygen atoms in total. The number of para-hydroxylation sites is 2. The van der Waals surface area contributed by atoms with Crippen LogP contribution < -0.4 is 10.1 Å². The number of benzene rings is 1. The minimum absolute atomic E-state index is 0.235. The van der Waals surface area contributed by atoms with E-state index in [1.807, 2.05) is 31.2 Å². The first kappa shape index (κ1) is 13.4. The molecule has 1 aromatic carbocycles. The van der Waals surface area contributed by atoms with Crippen LogP contribution in [-0.2, 0) is 9.53 Å². The lowest BCUT2D eigenvalue weighted by Crippen LogP contribution is -2.30. The molecule has 0 saturated carbocycles. The van der Waals surface area contributed by atoms with Crippen molar-refractivity contribution in [1.29, 1.82) is 0 Å². The Labute approximate surface area is 102 Å². The fourth-order valence-corrected chi connectivity index (χ4v) is 1.52. The smallest absolute Gasteiger partial charge is 0.328 e. The first-order valence-corrected chi connectivity index (χ1v) is 5.79. The van der Waals surface area contributed by atoms with E-state index in [0.717, 1.165) is 11.4 Å². The molecule has 0 bridgehead atoms. The van der Waals surface area contributed by atoms with E-state index in [1.54, 1.807) is 14.0 Å². The Bertz CT molecular complexity index is 365. The number of rotatable bonds is 6. The lowest BCUT2D eigenvalue weighted by molar-refractivity contribution is -0.144. The third-order valence-corrected chi connectivity index (χ3v) is 2.42. The fraction of sp³-hybridized carbons (Fsp3) is 0.462. The zero-order valence-corrected chi connectivity index (χ0v) is 10.5. The molecule has 4 heteroatoms. The maximum atomic E-state index is 11.7. The zero-order valence-electron chi connectivity index (χ0n) is 10.5. The summed E-state index contributed by atoms with van der Waals surface area (Å²) in [5.41, 5.74) is 0.801. The van der Waals surface area contributed by atoms with Crippen LogP contribution in [0.1, 0.15) is 20.3 Å². The Morgan fingerprint density at radius 2 is 2.06 bits per heavy atom. The number of carbonyl (C=O) groups is 1. The molecule has 1 unspecified atom stereocenters. The minimum Gasteiger partial charge on any atom is -0.495 e. The number of methoxy groups -OCH3 is 1. The van der Waals surface area contributed by atoms with Gasteiger partial charge in [0, 0.05) is 0 Å². The Kier molecular flexibility index (Phi) is 5.33. The number of anilines is 1. The summed E-state index contributed by atoms with van der Waals surface area (Å²) >= 11 is 0. The lowest BCUT2D eigenvalue weighted by Gasteiger charge is -2.18. The molecule has 1 atom stereocenters. The summed E-state index contributed by atoms with van der Waals surface area (Å²) in [6.07, 6.45) is 0.664. The van der Waals surface area contributed by atoms with Crippen molar-refractivity contribution >= 4 is 11.7 Å². The zero-order chi connectivity index (χ0) is 12.7. The van der Waals surface area contributed by atoms with Crippen LogP contribution in [-0.4, -0.2) is 25.7 Å². The molecule has 0 fully saturated rings. The highest BCUT2D eigenvalue weighted by Gasteiger charge is 2.18. The number of nitrogens with one attached hydrogen (secondary N) is 1. The molecule has 1 N–H and O–H groups in total. The minimum atomic E-state index is -0.341. The van der Waals surface area contributed by atoms with Crippen LogP contribution in [0.3, 0.4) is 0 Å². The van der Waals surface area contributed by atoms with Crippen molar-refractivity contribution in [3.8, 4) is 5.75 Å². The molecule has 1 rings (SSSR count). The maximum Gasteiger partial charge on any atom is 0.328 e. The quantitative estimate of drug-likeness (QED) is 0.772. The molecular formula is C13H19NO3. The van der Waals surface area contributed by atoms with Gasteiger partial charge in [0.15, 0.2) is 0 Å². The van der Waals surface area contributed by atoms with Gasteiger partial charge in [-0.05, 0) is 25.5 Å². The van der Waals surface area contributed by atoms with E-state index in [2.05, 4.69) is 5.32 Å². The first-order valence-electron chi connectivity index (χ1n) is 5.79. The van der Waals surface area contributed by atoms with Gasteiger partial charge in [-0.3, -0.25) is 0 Å². The Hall–Kier alpha value is -1.71. The molecule has 0 heterocycles. The van der Waals surface area contributed by atoms with Crippen LogP contribution in [0.5, 0.6) is 5.75 Å². The van der Waals surface area contributed by atoms with Crippen LogP contribution in [0.25, 0.3) is 0 Å². The highest BCUT2D eigenvalue weighted by Crippen LogP contribution is 2.24. The van der Waals surface area contributed by atoms with Gasteiger partial charge in [0.2, 0.25) is 0 Å². The molecular weight excluding hydrogens is 218 g/mol. The molecule has 1 aromatic rings. The van der Waals surface area contributed by atoms with E-state index in [1.165, 1.54) is 0 Å². The Balaban J connectivity index is 2.76. The molecule has 0 aromatic heterocycles. The van der Waals surface area contributed by atoms with Gasteiger partial charge in [-0.25, -0.2) is 4.79 Å². The topological polar surface area (TPSA) is 47.6 Å². The molecule has 0 saturated heterocycles. The second-order valence-corrected chi connectivity index (χ2v) is 3.56. The highest BCUT2D eigenvalue weighted by molar-refractivity contribution is 5.80. The summed E-state index contributed by atoms with van der Waals surface area (Å²) in [7, 11) is 1.60. The third kappa shape index (κ3) is 3.66. The van der Waals surface area contributed by atoms with Gasteiger partial charge < -0.3 is 14.8 Å². The van der Waals surface area contributed by atoms with Gasteiger partial charge in [0.25, 0.3) is 0 Å². The van der Waals surface area contributed by atoms with Gasteiger partial charge >= 0.3 is 5.97 Å². The predicted molar refractivity (Wildman–Crippen MR) is 67.3 cm³/mol. The van der Waals surface area contributed by atoms with Crippen molar-refractivity contribution < 1.29 is 14.3 Å². The van der Waals surface area contributed by atoms with E-state index >= 15 is 0 Å². The summed E-state index contributed by atoms with van der Waals surface area (Å²) in [6, 6.07) is 7.16. The van der Waals surface area contributed by atoms with Gasteiger partial charge in [-0.1, -0.05) is 19.1 Å². The van der Waals surface area contributed by atoms with Crippen LogP contribution >= 0.6 is 0 Å². The summed E-state index contributed by atoms with van der Waals surface area (Å²) < 4.78 is 10.2. The molecule has 0 aliphatic heterocycles. The van der Waals surface area contributed by atoms with Crippen LogP contribution in [0, 0.1) is 0 Å². The average Bonchev–Trinajstić information content (AvgIpc) is 2.36. The summed E-state index contributed by atoms with van der Waals surface area (Å²) in [4.78, 5) is 11.7. The molecule has 0 amide bonds. The summed E-state index contributed by atoms with van der Waals surface area (Å²) in [5.74, 6) is 0.483. The van der Waals surface area contributed by atoms with E-state index in [9.17, 15) is 4.79 Å². The van der Waals surface area contributed by atoms with E-state index in [-0.39, 0.29) is 12.0 Å². The predicted octanol–water partition coefficient (Wildman–Crippen LogP) is 2.45. The maximum absolute atomic E-state index is 11.7. The van der Waals surface area contributed by atoms with Crippen LogP contribution in [0.15, 0.2) is 24.3 Å². The van der Waals surface area contributed by atoms with Gasteiger partial charge in [-0.2, -0.15) is 0 Å². The summed E-state index contributed by atoms with van der Waals surface area (Å²) in [5, 5.41) is 3.13. The van der Waals surface area contributed by atoms with Gasteiger partial charge in [0.05, 0.1) is 19.4 Å². The Morgan fingerprint density at radius 1 is 1.35 bits per heavy atom. The molecule has 17 heavy (non-hydrogen) atoms. The van der Waals surface area contributed by atoms with Crippen molar-refractivity contribution in [3.63, 3.8) is 0 Å². The van der Waals surface area contributed by atoms with Crippen molar-refractivity contribution in [1.82, 2.24) is 0 Å². The number of ether oxygens (including phenoxy) is 2. The number of hydrogen-bond donors (Lipinski definition) is 1. The number of carbonyl (C=O) groups excluding carboxylic acids is 1. The first-order chi connectivity index (χ1) is 8.22. The fourth-order valence-electron chi connectivity index (χ4n) is 1.52. The normalized spacial score (nSPS) is 11.7. The van der Waals surface area contributed by atoms with E-state index in [4.69, 9.17) is 9.47 Å². The van der Waals surface area contributed by atoms with Crippen molar-refractivity contribution in [2.45, 2.75) is 26.3 Å². The van der Waals surface area contributed by atoms with Crippen molar-refractivity contribution in [3.05, 3.63) is 24.3 Å². The summed E-state index contributed by atoms with van der Waals surface area (Å²) in [6.45, 7) is 4.13. The Morgan fingerprint density at radius 3 is 2.65 bits per heavy atom. The van der Waals surface area contributed by atoms with Crippen molar-refractivity contribution in [2.75, 3.05) is 19.0 Å².